The summed E-state index contributed by atoms with van der Waals surface area (Å²) in [7, 11) is 0. The van der Waals surface area contributed by atoms with E-state index in [1.807, 2.05) is 30.3 Å². The van der Waals surface area contributed by atoms with Crippen LogP contribution in [0.1, 0.15) is 21.8 Å². The van der Waals surface area contributed by atoms with Crippen LogP contribution in [-0.4, -0.2) is 16.1 Å². The molecule has 0 aliphatic carbocycles. The van der Waals surface area contributed by atoms with Gasteiger partial charge < -0.3 is 0 Å². The van der Waals surface area contributed by atoms with Crippen LogP contribution in [0.15, 0.2) is 30.3 Å². The third kappa shape index (κ3) is 3.10. The zero-order valence-corrected chi connectivity index (χ0v) is 11.9. The molecule has 2 aromatic rings. The summed E-state index contributed by atoms with van der Waals surface area (Å²) >= 11 is 12.7. The molecule has 0 aliphatic rings. The Morgan fingerprint density at radius 2 is 2.00 bits per heavy atom. The van der Waals surface area contributed by atoms with Gasteiger partial charge in [0.1, 0.15) is 10.7 Å². The SMILES string of the molecule is O=C(Cl)c1nc(-c2ccccc2)sc1CCCCl. The van der Waals surface area contributed by atoms with Gasteiger partial charge in [0, 0.05) is 16.3 Å². The molecule has 0 N–H and O–H groups in total. The minimum Gasteiger partial charge on any atom is -0.274 e. The number of carbonyl (C=O) groups is 1. The summed E-state index contributed by atoms with van der Waals surface area (Å²) < 4.78 is 0. The van der Waals surface area contributed by atoms with Gasteiger partial charge >= 0.3 is 0 Å². The first-order valence-electron chi connectivity index (χ1n) is 5.53. The number of halogens is 2. The summed E-state index contributed by atoms with van der Waals surface area (Å²) in [6.45, 7) is 0. The lowest BCUT2D eigenvalue weighted by Gasteiger charge is -1.94. The van der Waals surface area contributed by atoms with Gasteiger partial charge in [-0.05, 0) is 24.4 Å². The maximum absolute atomic E-state index is 11.4. The Morgan fingerprint density at radius 1 is 1.28 bits per heavy atom. The maximum Gasteiger partial charge on any atom is 0.272 e. The van der Waals surface area contributed by atoms with Gasteiger partial charge in [-0.1, -0.05) is 30.3 Å². The van der Waals surface area contributed by atoms with Gasteiger partial charge in [0.05, 0.1) is 0 Å². The van der Waals surface area contributed by atoms with Crippen molar-refractivity contribution in [1.29, 1.82) is 0 Å². The van der Waals surface area contributed by atoms with Crippen LogP contribution >= 0.6 is 34.5 Å². The van der Waals surface area contributed by atoms with E-state index in [4.69, 9.17) is 23.2 Å². The first kappa shape index (κ1) is 13.5. The van der Waals surface area contributed by atoms with Crippen molar-refractivity contribution in [3.63, 3.8) is 0 Å². The normalized spacial score (nSPS) is 10.6. The second-order valence-electron chi connectivity index (χ2n) is 3.72. The van der Waals surface area contributed by atoms with Crippen LogP contribution in [-0.2, 0) is 6.42 Å². The monoisotopic (exact) mass is 299 g/mol. The number of rotatable bonds is 5. The summed E-state index contributed by atoms with van der Waals surface area (Å²) in [5, 5.41) is 0.321. The molecule has 5 heteroatoms. The quantitative estimate of drug-likeness (QED) is 0.606. The van der Waals surface area contributed by atoms with Crippen molar-refractivity contribution in [2.75, 3.05) is 5.88 Å². The summed E-state index contributed by atoms with van der Waals surface area (Å²) in [6.07, 6.45) is 1.55. The Bertz CT molecular complexity index is 539. The Hall–Kier alpha value is -0.900. The molecule has 94 valence electrons. The third-order valence-electron chi connectivity index (χ3n) is 2.44. The van der Waals surface area contributed by atoms with Gasteiger partial charge in [0.2, 0.25) is 0 Å². The topological polar surface area (TPSA) is 30.0 Å². The zero-order valence-electron chi connectivity index (χ0n) is 9.53. The summed E-state index contributed by atoms with van der Waals surface area (Å²) in [6, 6.07) is 9.76. The van der Waals surface area contributed by atoms with Crippen LogP contribution in [0.5, 0.6) is 0 Å². The Morgan fingerprint density at radius 3 is 2.61 bits per heavy atom. The molecule has 0 radical (unpaired) electrons. The van der Waals surface area contributed by atoms with Crippen LogP contribution in [0.4, 0.5) is 0 Å². The highest BCUT2D eigenvalue weighted by molar-refractivity contribution is 7.15. The number of alkyl halides is 1. The lowest BCUT2D eigenvalue weighted by molar-refractivity contribution is 0.107. The average Bonchev–Trinajstić information content (AvgIpc) is 2.81. The minimum absolute atomic E-state index is 0.366. The number of carbonyl (C=O) groups excluding carboxylic acids is 1. The number of benzene rings is 1. The molecule has 0 unspecified atom stereocenters. The highest BCUT2D eigenvalue weighted by Crippen LogP contribution is 2.29. The van der Waals surface area contributed by atoms with E-state index >= 15 is 0 Å². The molecule has 0 fully saturated rings. The van der Waals surface area contributed by atoms with Crippen LogP contribution in [0, 0.1) is 0 Å². The smallest absolute Gasteiger partial charge is 0.272 e. The Labute approximate surface area is 120 Å². The molecule has 18 heavy (non-hydrogen) atoms. The molecule has 0 aliphatic heterocycles. The van der Waals surface area contributed by atoms with Crippen molar-refractivity contribution in [2.45, 2.75) is 12.8 Å². The first-order chi connectivity index (χ1) is 8.72. The van der Waals surface area contributed by atoms with Crippen molar-refractivity contribution in [3.8, 4) is 10.6 Å². The van der Waals surface area contributed by atoms with E-state index in [-0.39, 0.29) is 0 Å². The number of hydrogen-bond donors (Lipinski definition) is 0. The number of nitrogens with zero attached hydrogens (tertiary/aromatic N) is 1. The van der Waals surface area contributed by atoms with Crippen LogP contribution in [0.3, 0.4) is 0 Å². The average molecular weight is 300 g/mol. The largest absolute Gasteiger partial charge is 0.274 e. The predicted molar refractivity (Wildman–Crippen MR) is 76.8 cm³/mol. The van der Waals surface area contributed by atoms with Crippen molar-refractivity contribution < 1.29 is 4.79 Å². The summed E-state index contributed by atoms with van der Waals surface area (Å²) in [5.74, 6) is 0.564. The van der Waals surface area contributed by atoms with Crippen LogP contribution in [0.25, 0.3) is 10.6 Å². The van der Waals surface area contributed by atoms with Gasteiger partial charge in [0.25, 0.3) is 5.24 Å². The van der Waals surface area contributed by atoms with Crippen molar-refractivity contribution >= 4 is 39.8 Å². The first-order valence-corrected chi connectivity index (χ1v) is 7.26. The van der Waals surface area contributed by atoms with E-state index in [1.165, 1.54) is 11.3 Å². The van der Waals surface area contributed by atoms with Gasteiger partial charge in [-0.3, -0.25) is 4.79 Å². The van der Waals surface area contributed by atoms with E-state index in [0.717, 1.165) is 28.3 Å². The van der Waals surface area contributed by atoms with E-state index in [2.05, 4.69) is 4.98 Å². The van der Waals surface area contributed by atoms with Gasteiger partial charge in [-0.25, -0.2) is 4.98 Å². The lowest BCUT2D eigenvalue weighted by Crippen LogP contribution is -1.95. The second-order valence-corrected chi connectivity index (χ2v) is 5.53. The fourth-order valence-corrected chi connectivity index (χ4v) is 3.06. The number of aromatic nitrogens is 1. The highest BCUT2D eigenvalue weighted by atomic mass is 35.5. The minimum atomic E-state index is -0.502. The fourth-order valence-electron chi connectivity index (χ4n) is 1.61. The molecule has 0 atom stereocenters. The summed E-state index contributed by atoms with van der Waals surface area (Å²) in [4.78, 5) is 16.6. The molecule has 0 saturated heterocycles. The number of aryl methyl sites for hydroxylation is 1. The van der Waals surface area contributed by atoms with E-state index in [9.17, 15) is 4.79 Å². The molecule has 2 nitrogen and oxygen atoms in total. The zero-order chi connectivity index (χ0) is 13.0. The van der Waals surface area contributed by atoms with Crippen LogP contribution in [0.2, 0.25) is 0 Å². The van der Waals surface area contributed by atoms with E-state index in [0.29, 0.717) is 11.6 Å². The van der Waals surface area contributed by atoms with E-state index < -0.39 is 5.24 Å². The maximum atomic E-state index is 11.4. The van der Waals surface area contributed by atoms with Crippen molar-refractivity contribution in [3.05, 3.63) is 40.9 Å². The molecule has 1 aromatic carbocycles. The molecule has 0 saturated carbocycles. The molecule has 1 heterocycles. The standard InChI is InChI=1S/C13H11Cl2NOS/c14-8-4-7-10-11(12(15)17)16-13(18-10)9-5-2-1-3-6-9/h1-3,5-6H,4,7-8H2. The molecular formula is C13H11Cl2NOS. The Balaban J connectivity index is 2.36. The molecule has 0 bridgehead atoms. The highest BCUT2D eigenvalue weighted by Gasteiger charge is 2.16. The van der Waals surface area contributed by atoms with Gasteiger partial charge in [-0.2, -0.15) is 0 Å². The molecule has 0 spiro atoms. The number of thiazole rings is 1. The molecular weight excluding hydrogens is 289 g/mol. The lowest BCUT2D eigenvalue weighted by atomic mass is 10.2. The molecule has 0 amide bonds. The molecule has 2 rings (SSSR count). The fraction of sp³-hybridized carbons (Fsp3) is 0.231. The molecule has 1 aromatic heterocycles. The number of hydrogen-bond acceptors (Lipinski definition) is 3. The van der Waals surface area contributed by atoms with Crippen molar-refractivity contribution in [2.24, 2.45) is 0 Å². The second kappa shape index (κ2) is 6.32. The van der Waals surface area contributed by atoms with E-state index in [1.54, 1.807) is 0 Å². The Kier molecular flexibility index (Phi) is 4.75. The summed E-state index contributed by atoms with van der Waals surface area (Å²) in [5.41, 5.74) is 1.37. The van der Waals surface area contributed by atoms with Gasteiger partial charge in [-0.15, -0.1) is 22.9 Å². The van der Waals surface area contributed by atoms with Gasteiger partial charge in [0.15, 0.2) is 0 Å². The van der Waals surface area contributed by atoms with Crippen LogP contribution < -0.4 is 0 Å². The predicted octanol–water partition coefficient (Wildman–Crippen LogP) is 4.36. The van der Waals surface area contributed by atoms with Crippen molar-refractivity contribution in [1.82, 2.24) is 4.98 Å². The third-order valence-corrected chi connectivity index (χ3v) is 4.05.